The van der Waals surface area contributed by atoms with Gasteiger partial charge in [0.1, 0.15) is 0 Å². The lowest BCUT2D eigenvalue weighted by Crippen LogP contribution is -2.57. The molecule has 0 amide bonds. The summed E-state index contributed by atoms with van der Waals surface area (Å²) in [6.07, 6.45) is -10.3. The Morgan fingerprint density at radius 2 is 1.41 bits per heavy atom. The third kappa shape index (κ3) is 7.77. The van der Waals surface area contributed by atoms with Gasteiger partial charge in [0.15, 0.2) is 13.1 Å². The molecule has 5 nitrogen and oxygen atoms in total. The van der Waals surface area contributed by atoms with Gasteiger partial charge in [0.25, 0.3) is 0 Å². The van der Waals surface area contributed by atoms with Crippen LogP contribution in [0.4, 0.5) is 26.3 Å². The number of hydrogen-bond donors (Lipinski definition) is 2. The van der Waals surface area contributed by atoms with Crippen molar-refractivity contribution < 1.29 is 44.9 Å². The lowest BCUT2D eigenvalue weighted by Gasteiger charge is -2.40. The van der Waals surface area contributed by atoms with E-state index in [1.165, 1.54) is 11.8 Å². The Balaban J connectivity index is 5.71. The molecule has 0 saturated carbocycles. The van der Waals surface area contributed by atoms with Crippen LogP contribution in [0, 0.1) is 5.92 Å². The van der Waals surface area contributed by atoms with Gasteiger partial charge < -0.3 is 4.90 Å². The first-order chi connectivity index (χ1) is 9.47. The monoisotopic (exact) mass is 361 g/mol. The van der Waals surface area contributed by atoms with Gasteiger partial charge in [-0.1, -0.05) is 6.92 Å². The van der Waals surface area contributed by atoms with Crippen LogP contribution in [0.2, 0.25) is 0 Å². The quantitative estimate of drug-likeness (QED) is 0.539. The third-order valence-corrected chi connectivity index (χ3v) is 4.38. The molecule has 12 heteroatoms. The summed E-state index contributed by atoms with van der Waals surface area (Å²) in [7, 11) is -2.61. The molecule has 0 aromatic rings. The summed E-state index contributed by atoms with van der Waals surface area (Å²) in [5.74, 6) is -0.785. The third-order valence-electron chi connectivity index (χ3n) is 2.83. The van der Waals surface area contributed by atoms with Crippen LogP contribution in [0.15, 0.2) is 0 Å². The molecule has 0 heterocycles. The zero-order valence-corrected chi connectivity index (χ0v) is 13.2. The number of nitrogens with zero attached hydrogens (tertiary/aromatic N) is 2. The summed E-state index contributed by atoms with van der Waals surface area (Å²) < 4.78 is 84.9. The largest absolute Gasteiger partial charge is 0.527 e. The van der Waals surface area contributed by atoms with Crippen LogP contribution in [-0.2, 0) is 4.57 Å². The maximum Gasteiger partial charge on any atom is 0.527 e. The Labute approximate surface area is 124 Å². The van der Waals surface area contributed by atoms with Gasteiger partial charge in [0, 0.05) is 12.5 Å². The van der Waals surface area contributed by atoms with Crippen LogP contribution in [-0.4, -0.2) is 71.6 Å². The van der Waals surface area contributed by atoms with Gasteiger partial charge in [0.2, 0.25) is 0 Å². The second-order valence-electron chi connectivity index (χ2n) is 5.70. The second-order valence-corrected chi connectivity index (χ2v) is 7.58. The van der Waals surface area contributed by atoms with Crippen molar-refractivity contribution in [3.8, 4) is 0 Å². The van der Waals surface area contributed by atoms with Gasteiger partial charge in [-0.05, 0) is 14.1 Å². The van der Waals surface area contributed by atoms with Crippen molar-refractivity contribution in [1.29, 1.82) is 0 Å². The smallest absolute Gasteiger partial charge is 0.309 e. The summed E-state index contributed by atoms with van der Waals surface area (Å²) >= 11 is 0. The van der Waals surface area contributed by atoms with Gasteiger partial charge in [-0.15, -0.1) is 0 Å². The first kappa shape index (κ1) is 21.6. The minimum absolute atomic E-state index is 0.0930. The average Bonchev–Trinajstić information content (AvgIpc) is 2.06. The van der Waals surface area contributed by atoms with Crippen LogP contribution < -0.4 is 0 Å². The molecule has 0 radical (unpaired) electrons. The van der Waals surface area contributed by atoms with Crippen molar-refractivity contribution in [2.75, 3.05) is 40.3 Å². The molecular weight excluding hydrogens is 341 g/mol. The van der Waals surface area contributed by atoms with E-state index in [1.54, 1.807) is 14.1 Å². The Bertz CT molecular complexity index is 390. The van der Waals surface area contributed by atoms with Crippen molar-refractivity contribution in [2.45, 2.75) is 19.3 Å². The van der Waals surface area contributed by atoms with E-state index in [-0.39, 0.29) is 6.54 Å². The Morgan fingerprint density at radius 3 is 1.64 bits per heavy atom. The predicted molar refractivity (Wildman–Crippen MR) is 66.7 cm³/mol. The molecule has 1 atom stereocenters. The highest BCUT2D eigenvalue weighted by molar-refractivity contribution is 7.45. The van der Waals surface area contributed by atoms with Crippen molar-refractivity contribution >= 4 is 7.75 Å². The topological polar surface area (TPSA) is 60.8 Å². The van der Waals surface area contributed by atoms with Crippen LogP contribution in [0.1, 0.15) is 6.92 Å². The molecule has 0 aromatic heterocycles. The lowest BCUT2D eigenvalue weighted by atomic mass is 10.1. The maximum absolute atomic E-state index is 12.6. The van der Waals surface area contributed by atoms with E-state index in [9.17, 15) is 40.7 Å². The first-order valence-electron chi connectivity index (χ1n) is 6.18. The molecular formula is C10H20F6N2O3P+. The number of alkyl halides is 6. The predicted octanol–water partition coefficient (Wildman–Crippen LogP) is 2.22. The summed E-state index contributed by atoms with van der Waals surface area (Å²) in [4.78, 5) is 19.9. The SMILES string of the molecule is CC(CN(C)C)C[N+](CC(F)(F)F)(CC(F)(F)F)P(=O)(O)O. The van der Waals surface area contributed by atoms with Crippen LogP contribution >= 0.6 is 7.75 Å². The summed E-state index contributed by atoms with van der Waals surface area (Å²) in [5.41, 5.74) is 0. The first-order valence-corrected chi connectivity index (χ1v) is 7.74. The minimum atomic E-state index is -5.72. The standard InChI is InChI=1S/C10H19F6N2O3P/c1-8(4-17(2)3)5-18(22(19,20)21,6-9(11,12)13)7-10(14,15)16/h8H,4-7H2,1-3H3,(H-,19,20,21)/p+1. The molecule has 0 aliphatic heterocycles. The molecule has 0 spiro atoms. The Morgan fingerprint density at radius 1 is 1.05 bits per heavy atom. The van der Waals surface area contributed by atoms with E-state index in [2.05, 4.69) is 0 Å². The van der Waals surface area contributed by atoms with E-state index in [0.29, 0.717) is 0 Å². The highest BCUT2D eigenvalue weighted by Gasteiger charge is 2.58. The second kappa shape index (κ2) is 7.04. The lowest BCUT2D eigenvalue weighted by molar-refractivity contribution is -0.850. The molecule has 2 N–H and O–H groups in total. The van der Waals surface area contributed by atoms with Crippen LogP contribution in [0.25, 0.3) is 0 Å². The molecule has 0 fully saturated rings. The molecule has 0 aliphatic rings. The average molecular weight is 361 g/mol. The van der Waals surface area contributed by atoms with Crippen molar-refractivity contribution in [3.05, 3.63) is 0 Å². The molecule has 22 heavy (non-hydrogen) atoms. The number of halogens is 6. The van der Waals surface area contributed by atoms with Gasteiger partial charge >= 0.3 is 20.1 Å². The Hall–Kier alpha value is -0.350. The molecule has 0 saturated heterocycles. The van der Waals surface area contributed by atoms with Crippen molar-refractivity contribution in [1.82, 2.24) is 4.90 Å². The van der Waals surface area contributed by atoms with E-state index in [0.717, 1.165) is 0 Å². The molecule has 0 bridgehead atoms. The molecule has 134 valence electrons. The molecule has 0 aromatic carbocycles. The van der Waals surface area contributed by atoms with Gasteiger partial charge in [-0.25, -0.2) is 8.82 Å². The fraction of sp³-hybridized carbons (Fsp3) is 1.00. The summed E-state index contributed by atoms with van der Waals surface area (Å²) in [6, 6.07) is 0. The summed E-state index contributed by atoms with van der Waals surface area (Å²) in [6.45, 7) is -3.99. The number of quaternary nitrogens is 1. The number of hydrogen-bond acceptors (Lipinski definition) is 2. The molecule has 0 aliphatic carbocycles. The van der Waals surface area contributed by atoms with Crippen LogP contribution in [0.5, 0.6) is 0 Å². The molecule has 1 unspecified atom stereocenters. The van der Waals surface area contributed by atoms with Crippen molar-refractivity contribution in [2.24, 2.45) is 5.92 Å². The summed E-state index contributed by atoms with van der Waals surface area (Å²) in [5, 5.41) is 0. The molecule has 0 rings (SSSR count). The van der Waals surface area contributed by atoms with Gasteiger partial charge in [-0.2, -0.15) is 26.3 Å². The normalized spacial score (nSPS) is 16.2. The zero-order chi connectivity index (χ0) is 18.0. The fourth-order valence-electron chi connectivity index (χ4n) is 2.40. The fourth-order valence-corrected chi connectivity index (χ4v) is 3.58. The minimum Gasteiger partial charge on any atom is -0.309 e. The van der Waals surface area contributed by atoms with E-state index in [4.69, 9.17) is 0 Å². The number of rotatable bonds is 7. The van der Waals surface area contributed by atoms with Gasteiger partial charge in [0.05, 0.1) is 6.54 Å². The van der Waals surface area contributed by atoms with Crippen LogP contribution in [0.3, 0.4) is 0 Å². The Kier molecular flexibility index (Phi) is 6.93. The maximum atomic E-state index is 12.6. The van der Waals surface area contributed by atoms with Gasteiger partial charge in [-0.3, -0.25) is 9.79 Å². The highest BCUT2D eigenvalue weighted by atomic mass is 31.2. The van der Waals surface area contributed by atoms with E-state index in [1.807, 2.05) is 0 Å². The highest BCUT2D eigenvalue weighted by Crippen LogP contribution is 2.52. The van der Waals surface area contributed by atoms with E-state index < -0.39 is 49.9 Å². The van der Waals surface area contributed by atoms with Crippen molar-refractivity contribution in [3.63, 3.8) is 0 Å². The van der Waals surface area contributed by atoms with E-state index >= 15 is 0 Å². The zero-order valence-electron chi connectivity index (χ0n) is 12.3.